The molecule has 1 fully saturated rings. The van der Waals surface area contributed by atoms with Gasteiger partial charge >= 0.3 is 5.97 Å². The molecule has 5 heteroatoms. The first-order valence-electron chi connectivity index (χ1n) is 6.52. The standard InChI is InChI=1S/C14H18N2O3/c1-10(11-4-6-15-7-5-11)9-13(17)16-8-2-3-12(16)14(18)19/h4-7,10,12H,2-3,8-9H2,1H3,(H,18,19)/t10-,12+/m0/s1. The van der Waals surface area contributed by atoms with E-state index in [1.165, 1.54) is 4.90 Å². The van der Waals surface area contributed by atoms with Crippen molar-refractivity contribution in [3.8, 4) is 0 Å². The molecule has 0 aliphatic carbocycles. The number of aromatic nitrogens is 1. The summed E-state index contributed by atoms with van der Waals surface area (Å²) < 4.78 is 0. The molecular weight excluding hydrogens is 244 g/mol. The number of pyridine rings is 1. The number of rotatable bonds is 4. The molecule has 2 heterocycles. The van der Waals surface area contributed by atoms with Crippen molar-refractivity contribution in [3.63, 3.8) is 0 Å². The Labute approximate surface area is 112 Å². The largest absolute Gasteiger partial charge is 0.480 e. The highest BCUT2D eigenvalue weighted by Gasteiger charge is 2.34. The number of aliphatic carboxylic acids is 1. The maximum absolute atomic E-state index is 12.2. The molecule has 1 aromatic rings. The third kappa shape index (κ3) is 3.10. The van der Waals surface area contributed by atoms with Crippen molar-refractivity contribution in [2.45, 2.75) is 38.1 Å². The summed E-state index contributed by atoms with van der Waals surface area (Å²) in [6, 6.07) is 3.13. The minimum atomic E-state index is -0.901. The highest BCUT2D eigenvalue weighted by atomic mass is 16.4. The molecule has 1 N–H and O–H groups in total. The number of carbonyl (C=O) groups excluding carboxylic acids is 1. The Bertz CT molecular complexity index is 461. The van der Waals surface area contributed by atoms with E-state index in [0.29, 0.717) is 19.4 Å². The smallest absolute Gasteiger partial charge is 0.326 e. The van der Waals surface area contributed by atoms with Crippen LogP contribution in [0.4, 0.5) is 0 Å². The summed E-state index contributed by atoms with van der Waals surface area (Å²) in [6.45, 7) is 2.53. The average molecular weight is 262 g/mol. The second kappa shape index (κ2) is 5.82. The molecule has 1 amide bonds. The summed E-state index contributed by atoms with van der Waals surface area (Å²) in [5, 5.41) is 9.08. The lowest BCUT2D eigenvalue weighted by molar-refractivity contribution is -0.148. The first-order valence-corrected chi connectivity index (χ1v) is 6.52. The van der Waals surface area contributed by atoms with Crippen LogP contribution in [0.3, 0.4) is 0 Å². The third-order valence-corrected chi connectivity index (χ3v) is 3.61. The highest BCUT2D eigenvalue weighted by Crippen LogP contribution is 2.23. The van der Waals surface area contributed by atoms with Gasteiger partial charge in [0.15, 0.2) is 0 Å². The molecule has 102 valence electrons. The summed E-state index contributed by atoms with van der Waals surface area (Å²) in [6.07, 6.45) is 5.07. The molecule has 5 nitrogen and oxygen atoms in total. The van der Waals surface area contributed by atoms with Crippen LogP contribution < -0.4 is 0 Å². The summed E-state index contributed by atoms with van der Waals surface area (Å²) in [5.74, 6) is -0.901. The molecule has 2 atom stereocenters. The van der Waals surface area contributed by atoms with Gasteiger partial charge in [-0.1, -0.05) is 6.92 Å². The van der Waals surface area contributed by atoms with E-state index in [0.717, 1.165) is 12.0 Å². The van der Waals surface area contributed by atoms with Gasteiger partial charge in [-0.05, 0) is 36.5 Å². The first kappa shape index (κ1) is 13.5. The van der Waals surface area contributed by atoms with Gasteiger partial charge in [-0.25, -0.2) is 4.79 Å². The van der Waals surface area contributed by atoms with Crippen LogP contribution in [0.2, 0.25) is 0 Å². The van der Waals surface area contributed by atoms with Crippen molar-refractivity contribution in [1.29, 1.82) is 0 Å². The third-order valence-electron chi connectivity index (χ3n) is 3.61. The topological polar surface area (TPSA) is 70.5 Å². The Hall–Kier alpha value is -1.91. The zero-order valence-electron chi connectivity index (χ0n) is 11.0. The molecule has 0 spiro atoms. The van der Waals surface area contributed by atoms with E-state index < -0.39 is 12.0 Å². The van der Waals surface area contributed by atoms with Gasteiger partial charge in [0.25, 0.3) is 0 Å². The number of nitrogens with zero attached hydrogens (tertiary/aromatic N) is 2. The Morgan fingerprint density at radius 2 is 2.16 bits per heavy atom. The predicted molar refractivity (Wildman–Crippen MR) is 69.6 cm³/mol. The van der Waals surface area contributed by atoms with Gasteiger partial charge in [-0.15, -0.1) is 0 Å². The molecule has 1 aliphatic heterocycles. The van der Waals surface area contributed by atoms with Gasteiger partial charge in [0.05, 0.1) is 0 Å². The number of hydrogen-bond donors (Lipinski definition) is 1. The van der Waals surface area contributed by atoms with Crippen LogP contribution in [-0.4, -0.2) is 39.5 Å². The van der Waals surface area contributed by atoms with Crippen LogP contribution in [0.5, 0.6) is 0 Å². The highest BCUT2D eigenvalue weighted by molar-refractivity contribution is 5.84. The second-order valence-corrected chi connectivity index (χ2v) is 4.97. The molecule has 0 unspecified atom stereocenters. The van der Waals surface area contributed by atoms with Crippen LogP contribution >= 0.6 is 0 Å². The van der Waals surface area contributed by atoms with E-state index in [9.17, 15) is 9.59 Å². The van der Waals surface area contributed by atoms with Crippen molar-refractivity contribution >= 4 is 11.9 Å². The maximum Gasteiger partial charge on any atom is 0.326 e. The van der Waals surface area contributed by atoms with E-state index in [4.69, 9.17) is 5.11 Å². The van der Waals surface area contributed by atoms with Crippen molar-refractivity contribution in [2.75, 3.05) is 6.54 Å². The van der Waals surface area contributed by atoms with Crippen molar-refractivity contribution in [2.24, 2.45) is 0 Å². The van der Waals surface area contributed by atoms with E-state index in [1.54, 1.807) is 12.4 Å². The summed E-state index contributed by atoms with van der Waals surface area (Å²) >= 11 is 0. The van der Waals surface area contributed by atoms with Crippen molar-refractivity contribution in [1.82, 2.24) is 9.88 Å². The molecule has 19 heavy (non-hydrogen) atoms. The monoisotopic (exact) mass is 262 g/mol. The first-order chi connectivity index (χ1) is 9.09. The molecule has 2 rings (SSSR count). The molecular formula is C14H18N2O3. The Morgan fingerprint density at radius 3 is 2.79 bits per heavy atom. The lowest BCUT2D eigenvalue weighted by Crippen LogP contribution is -2.40. The molecule has 0 aromatic carbocycles. The predicted octanol–water partition coefficient (Wildman–Crippen LogP) is 1.65. The average Bonchev–Trinajstić information content (AvgIpc) is 2.89. The number of hydrogen-bond acceptors (Lipinski definition) is 3. The quantitative estimate of drug-likeness (QED) is 0.895. The Morgan fingerprint density at radius 1 is 1.47 bits per heavy atom. The van der Waals surface area contributed by atoms with Gasteiger partial charge < -0.3 is 10.0 Å². The fourth-order valence-electron chi connectivity index (χ4n) is 2.51. The number of carboxylic acid groups (broad SMARTS) is 1. The van der Waals surface area contributed by atoms with E-state index in [-0.39, 0.29) is 11.8 Å². The van der Waals surface area contributed by atoms with Gasteiger partial charge in [0, 0.05) is 25.4 Å². The molecule has 1 aliphatic rings. The van der Waals surface area contributed by atoms with Crippen LogP contribution in [0.1, 0.15) is 37.7 Å². The number of likely N-dealkylation sites (tertiary alicyclic amines) is 1. The number of carbonyl (C=O) groups is 2. The van der Waals surface area contributed by atoms with Gasteiger partial charge in [-0.2, -0.15) is 0 Å². The lowest BCUT2D eigenvalue weighted by Gasteiger charge is -2.23. The zero-order chi connectivity index (χ0) is 13.8. The Kier molecular flexibility index (Phi) is 4.14. The van der Waals surface area contributed by atoms with Gasteiger partial charge in [0.2, 0.25) is 5.91 Å². The molecule has 0 saturated carbocycles. The lowest BCUT2D eigenvalue weighted by atomic mass is 9.98. The van der Waals surface area contributed by atoms with Crippen LogP contribution in [-0.2, 0) is 9.59 Å². The van der Waals surface area contributed by atoms with Gasteiger partial charge in [0.1, 0.15) is 6.04 Å². The number of carboxylic acids is 1. The molecule has 0 radical (unpaired) electrons. The summed E-state index contributed by atoms with van der Waals surface area (Å²) in [4.78, 5) is 28.7. The molecule has 0 bridgehead atoms. The summed E-state index contributed by atoms with van der Waals surface area (Å²) in [5.41, 5.74) is 1.05. The van der Waals surface area contributed by atoms with E-state index >= 15 is 0 Å². The van der Waals surface area contributed by atoms with Gasteiger partial charge in [-0.3, -0.25) is 9.78 Å². The Balaban J connectivity index is 1.99. The van der Waals surface area contributed by atoms with Crippen LogP contribution in [0.15, 0.2) is 24.5 Å². The summed E-state index contributed by atoms with van der Waals surface area (Å²) in [7, 11) is 0. The molecule has 1 saturated heterocycles. The molecule has 1 aromatic heterocycles. The van der Waals surface area contributed by atoms with Crippen LogP contribution in [0.25, 0.3) is 0 Å². The second-order valence-electron chi connectivity index (χ2n) is 4.97. The fourth-order valence-corrected chi connectivity index (χ4v) is 2.51. The van der Waals surface area contributed by atoms with Crippen LogP contribution in [0, 0.1) is 0 Å². The SMILES string of the molecule is C[C@@H](CC(=O)N1CCC[C@@H]1C(=O)O)c1ccncc1. The maximum atomic E-state index is 12.2. The minimum absolute atomic E-state index is 0.0746. The van der Waals surface area contributed by atoms with Crippen molar-refractivity contribution in [3.05, 3.63) is 30.1 Å². The normalized spacial score (nSPS) is 20.3. The zero-order valence-corrected chi connectivity index (χ0v) is 11.0. The van der Waals surface area contributed by atoms with E-state index in [1.807, 2.05) is 19.1 Å². The number of amides is 1. The fraction of sp³-hybridized carbons (Fsp3) is 0.500. The minimum Gasteiger partial charge on any atom is -0.480 e. The van der Waals surface area contributed by atoms with Crippen molar-refractivity contribution < 1.29 is 14.7 Å². The van der Waals surface area contributed by atoms with E-state index in [2.05, 4.69) is 4.98 Å².